The summed E-state index contributed by atoms with van der Waals surface area (Å²) in [6.45, 7) is 2.26. The maximum absolute atomic E-state index is 11.6. The number of hydrogen-bond donors (Lipinski definition) is 1. The van der Waals surface area contributed by atoms with Gasteiger partial charge >= 0.3 is 0 Å². The van der Waals surface area contributed by atoms with Crippen LogP contribution in [-0.2, 0) is 4.79 Å². The molecule has 0 aromatic carbocycles. The minimum absolute atomic E-state index is 0.0462. The summed E-state index contributed by atoms with van der Waals surface area (Å²) in [6, 6.07) is 0. The monoisotopic (exact) mass is 310 g/mol. The fourth-order valence-electron chi connectivity index (χ4n) is 1.74. The number of rotatable bonds is 5. The lowest BCUT2D eigenvalue weighted by molar-refractivity contribution is -0.123. The van der Waals surface area contributed by atoms with Crippen molar-refractivity contribution >= 4 is 23.5 Å². The molecule has 0 aliphatic rings. The van der Waals surface area contributed by atoms with Gasteiger partial charge in [-0.15, -0.1) is 0 Å². The van der Waals surface area contributed by atoms with E-state index in [1.807, 2.05) is 6.92 Å². The Morgan fingerprint density at radius 1 is 1.48 bits per heavy atom. The van der Waals surface area contributed by atoms with Crippen LogP contribution >= 0.6 is 11.6 Å². The van der Waals surface area contributed by atoms with E-state index in [0.717, 1.165) is 0 Å². The van der Waals surface area contributed by atoms with Gasteiger partial charge in [-0.05, 0) is 11.6 Å². The summed E-state index contributed by atoms with van der Waals surface area (Å²) in [5.41, 5.74) is 0. The fourth-order valence-corrected chi connectivity index (χ4v) is 1.89. The zero-order chi connectivity index (χ0) is 15.4. The van der Waals surface area contributed by atoms with Gasteiger partial charge in [-0.3, -0.25) is 4.79 Å². The molecule has 21 heavy (non-hydrogen) atoms. The molecule has 2 rings (SSSR count). The van der Waals surface area contributed by atoms with Crippen LogP contribution in [0.3, 0.4) is 0 Å². The molecule has 112 valence electrons. The van der Waals surface area contributed by atoms with E-state index in [9.17, 15) is 4.79 Å². The van der Waals surface area contributed by atoms with Crippen molar-refractivity contribution in [3.05, 3.63) is 17.9 Å². The molecule has 9 nitrogen and oxygen atoms in total. The third-order valence-corrected chi connectivity index (χ3v) is 2.96. The molecule has 1 N–H and O–H groups in total. The predicted molar refractivity (Wildman–Crippen MR) is 76.3 cm³/mol. The van der Waals surface area contributed by atoms with Gasteiger partial charge in [-0.1, -0.05) is 6.92 Å². The highest BCUT2D eigenvalue weighted by Crippen LogP contribution is 2.13. The summed E-state index contributed by atoms with van der Waals surface area (Å²) in [6.07, 6.45) is 2.83. The first-order valence-electron chi connectivity index (χ1n) is 6.20. The van der Waals surface area contributed by atoms with Crippen molar-refractivity contribution in [2.75, 3.05) is 25.5 Å². The predicted octanol–water partition coefficient (Wildman–Crippen LogP) is -0.0760. The van der Waals surface area contributed by atoms with Gasteiger partial charge in [-0.2, -0.15) is 24.7 Å². The van der Waals surface area contributed by atoms with Crippen LogP contribution in [0.2, 0.25) is 5.28 Å². The quantitative estimate of drug-likeness (QED) is 0.824. The number of carbonyl (C=O) groups excluding carboxylic acids is 1. The van der Waals surface area contributed by atoms with Gasteiger partial charge in [-0.25, -0.2) is 4.98 Å². The van der Waals surface area contributed by atoms with E-state index in [4.69, 9.17) is 11.6 Å². The molecule has 2 heterocycles. The van der Waals surface area contributed by atoms with E-state index < -0.39 is 0 Å². The number of carbonyl (C=O) groups is 1. The molecule has 2 aromatic rings. The van der Waals surface area contributed by atoms with Crippen LogP contribution in [0.15, 0.2) is 12.7 Å². The molecule has 0 aliphatic heterocycles. The standard InChI is InChI=1S/C11H15ClN8O/c1-7(8(21)13-2)4-19(3)10-16-9(12)17-11(18-10)20-6-14-5-15-20/h5-7H,4H2,1-3H3,(H,13,21). The summed E-state index contributed by atoms with van der Waals surface area (Å²) in [5.74, 6) is 0.349. The number of halogens is 1. The first-order chi connectivity index (χ1) is 10.0. The van der Waals surface area contributed by atoms with E-state index in [2.05, 4.69) is 30.4 Å². The van der Waals surface area contributed by atoms with Crippen molar-refractivity contribution in [2.45, 2.75) is 6.92 Å². The third kappa shape index (κ3) is 3.63. The number of amides is 1. The lowest BCUT2D eigenvalue weighted by Gasteiger charge is -2.20. The Hall–Kier alpha value is -2.29. The highest BCUT2D eigenvalue weighted by Gasteiger charge is 2.17. The lowest BCUT2D eigenvalue weighted by atomic mass is 10.1. The van der Waals surface area contributed by atoms with Gasteiger partial charge in [0.25, 0.3) is 5.95 Å². The molecule has 0 aliphatic carbocycles. The average molecular weight is 311 g/mol. The smallest absolute Gasteiger partial charge is 0.258 e. The van der Waals surface area contributed by atoms with Crippen molar-refractivity contribution in [1.29, 1.82) is 0 Å². The molecule has 0 bridgehead atoms. The first kappa shape index (κ1) is 15.1. The minimum Gasteiger partial charge on any atom is -0.359 e. The van der Waals surface area contributed by atoms with E-state index in [-0.39, 0.29) is 23.1 Å². The van der Waals surface area contributed by atoms with Gasteiger partial charge in [0.1, 0.15) is 12.7 Å². The van der Waals surface area contributed by atoms with Crippen LogP contribution in [0.1, 0.15) is 6.92 Å². The molecule has 1 amide bonds. The molecule has 1 unspecified atom stereocenters. The summed E-state index contributed by atoms with van der Waals surface area (Å²) >= 11 is 5.91. The Morgan fingerprint density at radius 2 is 2.24 bits per heavy atom. The van der Waals surface area contributed by atoms with Crippen molar-refractivity contribution in [3.63, 3.8) is 0 Å². The zero-order valence-electron chi connectivity index (χ0n) is 11.9. The fraction of sp³-hybridized carbons (Fsp3) is 0.455. The summed E-state index contributed by atoms with van der Waals surface area (Å²) in [5, 5.41) is 6.59. The zero-order valence-corrected chi connectivity index (χ0v) is 12.6. The number of nitrogens with zero attached hydrogens (tertiary/aromatic N) is 7. The van der Waals surface area contributed by atoms with Crippen LogP contribution in [-0.4, -0.2) is 56.3 Å². The van der Waals surface area contributed by atoms with Crippen molar-refractivity contribution in [3.8, 4) is 5.95 Å². The first-order valence-corrected chi connectivity index (χ1v) is 6.58. The normalized spacial score (nSPS) is 12.0. The van der Waals surface area contributed by atoms with E-state index in [1.54, 1.807) is 19.0 Å². The molecule has 0 radical (unpaired) electrons. The molecule has 0 spiro atoms. The Labute approximate surface area is 126 Å². The number of hydrogen-bond acceptors (Lipinski definition) is 7. The highest BCUT2D eigenvalue weighted by molar-refractivity contribution is 6.28. The number of aromatic nitrogens is 6. The van der Waals surface area contributed by atoms with Gasteiger partial charge in [0.05, 0.1) is 5.92 Å². The number of anilines is 1. The number of nitrogens with one attached hydrogen (secondary N) is 1. The Balaban J connectivity index is 2.21. The summed E-state index contributed by atoms with van der Waals surface area (Å²) in [4.78, 5) is 29.4. The molecule has 0 fully saturated rings. The molecular formula is C11H15ClN8O. The largest absolute Gasteiger partial charge is 0.359 e. The molecular weight excluding hydrogens is 296 g/mol. The van der Waals surface area contributed by atoms with E-state index in [0.29, 0.717) is 12.5 Å². The minimum atomic E-state index is -0.217. The highest BCUT2D eigenvalue weighted by atomic mass is 35.5. The van der Waals surface area contributed by atoms with Gasteiger partial charge in [0.15, 0.2) is 0 Å². The topological polar surface area (TPSA) is 102 Å². The SMILES string of the molecule is CNC(=O)C(C)CN(C)c1nc(Cl)nc(-n2cncn2)n1. The van der Waals surface area contributed by atoms with Crippen molar-refractivity contribution < 1.29 is 4.79 Å². The maximum Gasteiger partial charge on any atom is 0.258 e. The van der Waals surface area contributed by atoms with Crippen LogP contribution < -0.4 is 10.2 Å². The molecule has 10 heteroatoms. The second-order valence-corrected chi connectivity index (χ2v) is 4.78. The van der Waals surface area contributed by atoms with Gasteiger partial charge in [0.2, 0.25) is 17.1 Å². The Kier molecular flexibility index (Phi) is 4.63. The van der Waals surface area contributed by atoms with Crippen LogP contribution in [0.4, 0.5) is 5.95 Å². The molecule has 2 aromatic heterocycles. The maximum atomic E-state index is 11.6. The van der Waals surface area contributed by atoms with Crippen molar-refractivity contribution in [2.24, 2.45) is 5.92 Å². The van der Waals surface area contributed by atoms with Crippen LogP contribution in [0.25, 0.3) is 5.95 Å². The molecule has 1 atom stereocenters. The average Bonchev–Trinajstić information content (AvgIpc) is 2.99. The summed E-state index contributed by atoms with van der Waals surface area (Å²) in [7, 11) is 3.37. The lowest BCUT2D eigenvalue weighted by Crippen LogP contribution is -2.35. The van der Waals surface area contributed by atoms with E-state index in [1.165, 1.54) is 17.3 Å². The van der Waals surface area contributed by atoms with Crippen LogP contribution in [0.5, 0.6) is 0 Å². The summed E-state index contributed by atoms with van der Waals surface area (Å²) < 4.78 is 1.38. The van der Waals surface area contributed by atoms with Crippen molar-refractivity contribution in [1.82, 2.24) is 35.0 Å². The second kappa shape index (κ2) is 6.44. The van der Waals surface area contributed by atoms with E-state index >= 15 is 0 Å². The van der Waals surface area contributed by atoms with Crippen LogP contribution in [0, 0.1) is 5.92 Å². The second-order valence-electron chi connectivity index (χ2n) is 4.44. The Bertz CT molecular complexity index is 617. The third-order valence-electron chi connectivity index (χ3n) is 2.79. The Morgan fingerprint density at radius 3 is 2.86 bits per heavy atom. The molecule has 0 saturated heterocycles. The molecule has 0 saturated carbocycles. The van der Waals surface area contributed by atoms with Gasteiger partial charge in [0, 0.05) is 20.6 Å². The van der Waals surface area contributed by atoms with Gasteiger partial charge < -0.3 is 10.2 Å².